The molecule has 5 nitrogen and oxygen atoms in total. The molecule has 1 aromatic carbocycles. The lowest BCUT2D eigenvalue weighted by Crippen LogP contribution is -2.07. The van der Waals surface area contributed by atoms with Crippen LogP contribution in [0.25, 0.3) is 11.3 Å². The van der Waals surface area contributed by atoms with E-state index < -0.39 is 0 Å². The van der Waals surface area contributed by atoms with Crippen molar-refractivity contribution in [2.75, 3.05) is 11.9 Å². The highest BCUT2D eigenvalue weighted by Gasteiger charge is 2.19. The molecule has 0 saturated carbocycles. The van der Waals surface area contributed by atoms with Crippen molar-refractivity contribution < 1.29 is 5.11 Å². The van der Waals surface area contributed by atoms with E-state index in [4.69, 9.17) is 10.5 Å². The lowest BCUT2D eigenvalue weighted by atomic mass is 9.95. The molecule has 1 heterocycles. The van der Waals surface area contributed by atoms with Crippen molar-refractivity contribution in [2.24, 2.45) is 0 Å². The Bertz CT molecular complexity index is 892. The summed E-state index contributed by atoms with van der Waals surface area (Å²) in [4.78, 5) is 8.68. The fourth-order valence-corrected chi connectivity index (χ4v) is 2.55. The molecule has 0 aliphatic heterocycles. The first-order valence-corrected chi connectivity index (χ1v) is 8.17. The molecule has 4 N–H and O–H groups in total. The van der Waals surface area contributed by atoms with E-state index in [0.29, 0.717) is 23.0 Å². The second-order valence-electron chi connectivity index (χ2n) is 5.80. The Kier molecular flexibility index (Phi) is 4.75. The molecule has 3 rings (SSSR count). The fourth-order valence-electron chi connectivity index (χ4n) is 2.55. The Labute approximate surface area is 147 Å². The number of hydrogen-bond donors (Lipinski definition) is 2. The minimum atomic E-state index is 0.329. The Morgan fingerprint density at radius 2 is 1.92 bits per heavy atom. The molecule has 1 aliphatic carbocycles. The summed E-state index contributed by atoms with van der Waals surface area (Å²) in [7, 11) is 0. The Balaban J connectivity index is 2.02. The summed E-state index contributed by atoms with van der Waals surface area (Å²) in [6, 6.07) is 9.61. The first kappa shape index (κ1) is 16.6. The Morgan fingerprint density at radius 3 is 2.64 bits per heavy atom. The first-order valence-electron chi connectivity index (χ1n) is 8.17. The van der Waals surface area contributed by atoms with Crippen LogP contribution >= 0.6 is 0 Å². The predicted octanol–water partition coefficient (Wildman–Crippen LogP) is 3.33. The normalized spacial score (nSPS) is 15.8. The van der Waals surface area contributed by atoms with E-state index in [1.54, 1.807) is 12.3 Å². The molecule has 126 valence electrons. The van der Waals surface area contributed by atoms with E-state index in [2.05, 4.69) is 15.3 Å². The van der Waals surface area contributed by atoms with Crippen molar-refractivity contribution in [2.45, 2.75) is 13.8 Å². The number of hydrogen-bond acceptors (Lipinski definition) is 4. The average Bonchev–Trinajstić information content (AvgIpc) is 2.63. The number of aromatic nitrogens is 2. The summed E-state index contributed by atoms with van der Waals surface area (Å²) in [5.41, 5.74) is 4.49. The summed E-state index contributed by atoms with van der Waals surface area (Å²) in [6.07, 6.45) is 7.12. The van der Waals surface area contributed by atoms with Gasteiger partial charge in [-0.1, -0.05) is 23.8 Å². The zero-order valence-corrected chi connectivity index (χ0v) is 14.3. The van der Waals surface area contributed by atoms with Gasteiger partial charge in [0.05, 0.1) is 22.5 Å². The van der Waals surface area contributed by atoms with Crippen LogP contribution in [-0.2, 0) is 0 Å². The molecule has 0 atom stereocenters. The maximum atomic E-state index is 8.48. The van der Waals surface area contributed by atoms with E-state index >= 15 is 0 Å². The SMILES string of the molecule is CCNc1nccc(C2=C/C(=C(/[OH2+])c3ccc(C)cc3)C(=N)C=C2)n1. The molecular weight excluding hydrogens is 312 g/mol. The van der Waals surface area contributed by atoms with E-state index in [-0.39, 0.29) is 0 Å². The molecule has 5 heteroatoms. The van der Waals surface area contributed by atoms with Crippen LogP contribution in [0.2, 0.25) is 0 Å². The van der Waals surface area contributed by atoms with E-state index in [1.165, 1.54) is 0 Å². The maximum absolute atomic E-state index is 8.48. The van der Waals surface area contributed by atoms with Gasteiger partial charge in [-0.15, -0.1) is 0 Å². The van der Waals surface area contributed by atoms with Crippen molar-refractivity contribution in [3.8, 4) is 0 Å². The van der Waals surface area contributed by atoms with Gasteiger partial charge in [0.25, 0.3) is 5.76 Å². The highest BCUT2D eigenvalue weighted by molar-refractivity contribution is 6.16. The number of rotatable bonds is 4. The molecule has 0 bridgehead atoms. The molecule has 0 radical (unpaired) electrons. The largest absolute Gasteiger partial charge is 0.592 e. The van der Waals surface area contributed by atoms with Crippen LogP contribution in [0.15, 0.2) is 60.3 Å². The van der Waals surface area contributed by atoms with Crippen molar-refractivity contribution in [3.63, 3.8) is 0 Å². The van der Waals surface area contributed by atoms with Crippen LogP contribution < -0.4 is 5.32 Å². The molecule has 1 aliphatic rings. The van der Waals surface area contributed by atoms with Crippen LogP contribution in [0, 0.1) is 12.3 Å². The third-order valence-electron chi connectivity index (χ3n) is 3.92. The summed E-state index contributed by atoms with van der Waals surface area (Å²) in [5.74, 6) is 0.915. The van der Waals surface area contributed by atoms with Crippen molar-refractivity contribution in [1.29, 1.82) is 5.41 Å². The van der Waals surface area contributed by atoms with Crippen LogP contribution in [0.5, 0.6) is 0 Å². The smallest absolute Gasteiger partial charge is 0.270 e. The van der Waals surface area contributed by atoms with Crippen LogP contribution in [0.1, 0.15) is 23.7 Å². The number of benzene rings is 1. The second kappa shape index (κ2) is 7.13. The lowest BCUT2D eigenvalue weighted by Gasteiger charge is -2.12. The van der Waals surface area contributed by atoms with Gasteiger partial charge in [-0.3, -0.25) is 5.41 Å². The van der Waals surface area contributed by atoms with Gasteiger partial charge in [-0.25, -0.2) is 9.97 Å². The van der Waals surface area contributed by atoms with Gasteiger partial charge >= 0.3 is 0 Å². The maximum Gasteiger partial charge on any atom is 0.270 e. The van der Waals surface area contributed by atoms with Crippen LogP contribution in [0.4, 0.5) is 5.95 Å². The molecule has 0 unspecified atom stereocenters. The van der Waals surface area contributed by atoms with Crippen molar-refractivity contribution in [1.82, 2.24) is 9.97 Å². The summed E-state index contributed by atoms with van der Waals surface area (Å²) in [6.45, 7) is 4.76. The highest BCUT2D eigenvalue weighted by Crippen LogP contribution is 2.27. The monoisotopic (exact) mass is 333 g/mol. The van der Waals surface area contributed by atoms with Crippen molar-refractivity contribution in [3.05, 3.63) is 77.2 Å². The zero-order valence-electron chi connectivity index (χ0n) is 14.3. The molecular formula is C20H21N4O+. The topological polar surface area (TPSA) is 84.6 Å². The number of nitrogens with one attached hydrogen (secondary N) is 2. The number of anilines is 1. The van der Waals surface area contributed by atoms with E-state index in [9.17, 15) is 0 Å². The quantitative estimate of drug-likeness (QED) is 0.665. The van der Waals surface area contributed by atoms with Gasteiger partial charge in [0, 0.05) is 18.3 Å². The van der Waals surface area contributed by atoms with Gasteiger partial charge in [-0.2, -0.15) is 0 Å². The Hall–Kier alpha value is -3.21. The predicted molar refractivity (Wildman–Crippen MR) is 103 cm³/mol. The van der Waals surface area contributed by atoms with Crippen LogP contribution in [-0.4, -0.2) is 27.3 Å². The minimum Gasteiger partial charge on any atom is -0.592 e. The van der Waals surface area contributed by atoms with Gasteiger partial charge in [0.1, 0.15) is 0 Å². The van der Waals surface area contributed by atoms with Gasteiger partial charge in [-0.05, 0) is 44.2 Å². The molecule has 1 aromatic heterocycles. The van der Waals surface area contributed by atoms with E-state index in [1.807, 2.05) is 56.3 Å². The van der Waals surface area contributed by atoms with Gasteiger partial charge in [0.15, 0.2) is 0 Å². The first-order chi connectivity index (χ1) is 12.1. The zero-order chi connectivity index (χ0) is 17.8. The molecule has 2 aromatic rings. The molecule has 0 spiro atoms. The summed E-state index contributed by atoms with van der Waals surface area (Å²) >= 11 is 0. The number of allylic oxidation sites excluding steroid dienone is 5. The van der Waals surface area contributed by atoms with E-state index in [0.717, 1.165) is 28.9 Å². The summed E-state index contributed by atoms with van der Waals surface area (Å²) < 4.78 is 0. The average molecular weight is 333 g/mol. The highest BCUT2D eigenvalue weighted by atomic mass is 16.3. The standard InChI is InChI=1S/C20H20N4O/c1-3-22-20-23-11-10-18(24-20)15-8-9-17(21)16(12-15)19(25)14-6-4-13(2)5-7-14/h4-12,21,25H,3H2,1-2H3,(H,22,23,24)/p+1/b19-16-,21-17?. The third-order valence-corrected chi connectivity index (χ3v) is 3.92. The minimum absolute atomic E-state index is 0.329. The summed E-state index contributed by atoms with van der Waals surface area (Å²) in [5, 5.41) is 19.8. The third kappa shape index (κ3) is 3.66. The van der Waals surface area contributed by atoms with Crippen LogP contribution in [0.3, 0.4) is 0 Å². The molecule has 0 saturated heterocycles. The Morgan fingerprint density at radius 1 is 1.16 bits per heavy atom. The van der Waals surface area contributed by atoms with Gasteiger partial charge in [0.2, 0.25) is 5.95 Å². The second-order valence-corrected chi connectivity index (χ2v) is 5.80. The fraction of sp³-hybridized carbons (Fsp3) is 0.150. The molecule has 0 fully saturated rings. The molecule has 25 heavy (non-hydrogen) atoms. The number of nitrogens with zero attached hydrogens (tertiary/aromatic N) is 2. The number of aryl methyl sites for hydroxylation is 1. The lowest BCUT2D eigenvalue weighted by molar-refractivity contribution is 0.510. The van der Waals surface area contributed by atoms with Crippen molar-refractivity contribution >= 4 is 23.0 Å². The molecule has 0 amide bonds. The van der Waals surface area contributed by atoms with Gasteiger partial charge < -0.3 is 10.4 Å².